The molecule has 0 saturated heterocycles. The molecule has 1 atom stereocenters. The Balaban J connectivity index is 4.31. The fourth-order valence-electron chi connectivity index (χ4n) is 1.85. The SMILES string of the molecule is CCC(CCCOC)[Si](OC)(OC)OC. The molecule has 0 bridgehead atoms. The Morgan fingerprint density at radius 2 is 1.53 bits per heavy atom. The van der Waals surface area contributed by atoms with E-state index < -0.39 is 8.80 Å². The van der Waals surface area contributed by atoms with E-state index in [9.17, 15) is 0 Å². The van der Waals surface area contributed by atoms with E-state index in [1.54, 1.807) is 28.4 Å². The minimum absolute atomic E-state index is 0.354. The van der Waals surface area contributed by atoms with Crippen LogP contribution in [0.5, 0.6) is 0 Å². The lowest BCUT2D eigenvalue weighted by molar-refractivity contribution is 0.106. The summed E-state index contributed by atoms with van der Waals surface area (Å²) < 4.78 is 21.5. The molecule has 0 aromatic heterocycles. The van der Waals surface area contributed by atoms with Crippen LogP contribution in [0.1, 0.15) is 26.2 Å². The van der Waals surface area contributed by atoms with Crippen LogP contribution in [-0.2, 0) is 18.0 Å². The van der Waals surface area contributed by atoms with Crippen LogP contribution in [0, 0.1) is 0 Å². The summed E-state index contributed by atoms with van der Waals surface area (Å²) in [5.41, 5.74) is 0.354. The summed E-state index contributed by atoms with van der Waals surface area (Å²) in [6, 6.07) is 0. The lowest BCUT2D eigenvalue weighted by Crippen LogP contribution is -2.47. The first kappa shape index (κ1) is 15.1. The van der Waals surface area contributed by atoms with E-state index in [4.69, 9.17) is 18.0 Å². The van der Waals surface area contributed by atoms with Crippen molar-refractivity contribution in [3.63, 3.8) is 0 Å². The van der Waals surface area contributed by atoms with Crippen molar-refractivity contribution in [3.8, 4) is 0 Å². The van der Waals surface area contributed by atoms with Gasteiger partial charge in [-0.05, 0) is 19.3 Å². The molecule has 0 amide bonds. The van der Waals surface area contributed by atoms with Gasteiger partial charge in [-0.25, -0.2) is 0 Å². The van der Waals surface area contributed by atoms with Crippen LogP contribution in [-0.4, -0.2) is 43.9 Å². The van der Waals surface area contributed by atoms with Gasteiger partial charge in [-0.15, -0.1) is 0 Å². The quantitative estimate of drug-likeness (QED) is 0.454. The van der Waals surface area contributed by atoms with Crippen molar-refractivity contribution < 1.29 is 18.0 Å². The molecule has 0 saturated carbocycles. The second-order valence-electron chi connectivity index (χ2n) is 3.46. The molecule has 0 rings (SSSR count). The highest BCUT2D eigenvalue weighted by Crippen LogP contribution is 2.31. The smallest absolute Gasteiger partial charge is 0.385 e. The molecule has 5 heteroatoms. The van der Waals surface area contributed by atoms with Crippen molar-refractivity contribution in [2.75, 3.05) is 35.0 Å². The predicted molar refractivity (Wildman–Crippen MR) is 61.9 cm³/mol. The number of ether oxygens (including phenoxy) is 1. The van der Waals surface area contributed by atoms with Gasteiger partial charge < -0.3 is 18.0 Å². The van der Waals surface area contributed by atoms with E-state index in [1.807, 2.05) is 0 Å². The zero-order valence-electron chi connectivity index (χ0n) is 10.5. The molecule has 0 aromatic rings. The average molecular weight is 236 g/mol. The second kappa shape index (κ2) is 8.24. The standard InChI is InChI=1S/C10H24O4Si/c1-6-10(8-7-9-11-2)15(12-3,13-4)14-5/h10H,6-9H2,1-5H3. The fraction of sp³-hybridized carbons (Fsp3) is 1.00. The minimum atomic E-state index is -2.45. The molecule has 0 spiro atoms. The first-order valence-corrected chi connectivity index (χ1v) is 7.15. The Morgan fingerprint density at radius 1 is 1.00 bits per heavy atom. The van der Waals surface area contributed by atoms with Crippen LogP contribution in [0.2, 0.25) is 5.54 Å². The van der Waals surface area contributed by atoms with Gasteiger partial charge in [0.2, 0.25) is 0 Å². The summed E-state index contributed by atoms with van der Waals surface area (Å²) in [5, 5.41) is 0. The van der Waals surface area contributed by atoms with Crippen LogP contribution in [0.25, 0.3) is 0 Å². The summed E-state index contributed by atoms with van der Waals surface area (Å²) in [6.45, 7) is 2.91. The molecule has 4 nitrogen and oxygen atoms in total. The molecule has 0 aliphatic rings. The summed E-state index contributed by atoms with van der Waals surface area (Å²) in [4.78, 5) is 0. The molecule has 0 aliphatic heterocycles. The second-order valence-corrected chi connectivity index (χ2v) is 6.70. The van der Waals surface area contributed by atoms with Crippen LogP contribution in [0.4, 0.5) is 0 Å². The van der Waals surface area contributed by atoms with Crippen molar-refractivity contribution in [2.45, 2.75) is 31.7 Å². The lowest BCUT2D eigenvalue weighted by atomic mass is 10.2. The van der Waals surface area contributed by atoms with Gasteiger partial charge >= 0.3 is 8.80 Å². The zero-order chi connectivity index (χ0) is 11.7. The maximum Gasteiger partial charge on any atom is 0.503 e. The fourth-order valence-corrected chi connectivity index (χ4v) is 4.41. The average Bonchev–Trinajstić information content (AvgIpc) is 2.29. The largest absolute Gasteiger partial charge is 0.503 e. The third kappa shape index (κ3) is 4.20. The number of hydrogen-bond acceptors (Lipinski definition) is 4. The summed E-state index contributed by atoms with van der Waals surface area (Å²) in [5.74, 6) is 0. The van der Waals surface area contributed by atoms with E-state index in [2.05, 4.69) is 6.92 Å². The van der Waals surface area contributed by atoms with Crippen molar-refractivity contribution in [3.05, 3.63) is 0 Å². The van der Waals surface area contributed by atoms with Crippen molar-refractivity contribution in [1.29, 1.82) is 0 Å². The number of rotatable bonds is 9. The van der Waals surface area contributed by atoms with Crippen molar-refractivity contribution >= 4 is 8.80 Å². The maximum atomic E-state index is 5.47. The normalized spacial score (nSPS) is 14.2. The molecule has 0 N–H and O–H groups in total. The Kier molecular flexibility index (Phi) is 8.27. The molecule has 92 valence electrons. The van der Waals surface area contributed by atoms with Gasteiger partial charge in [0.15, 0.2) is 0 Å². The van der Waals surface area contributed by atoms with E-state index in [0.29, 0.717) is 5.54 Å². The van der Waals surface area contributed by atoms with Crippen LogP contribution < -0.4 is 0 Å². The molecular formula is C10H24O4Si. The Hall–Kier alpha value is 0.0569. The van der Waals surface area contributed by atoms with Crippen LogP contribution in [0.3, 0.4) is 0 Å². The van der Waals surface area contributed by atoms with Gasteiger partial charge in [0, 0.05) is 40.6 Å². The molecule has 0 aromatic carbocycles. The van der Waals surface area contributed by atoms with E-state index >= 15 is 0 Å². The van der Waals surface area contributed by atoms with Gasteiger partial charge in [-0.1, -0.05) is 6.92 Å². The highest BCUT2D eigenvalue weighted by Gasteiger charge is 2.45. The summed E-state index contributed by atoms with van der Waals surface area (Å²) in [6.07, 6.45) is 3.04. The van der Waals surface area contributed by atoms with E-state index in [1.165, 1.54) is 0 Å². The molecular weight excluding hydrogens is 212 g/mol. The molecule has 0 aliphatic carbocycles. The van der Waals surface area contributed by atoms with Gasteiger partial charge in [-0.3, -0.25) is 0 Å². The van der Waals surface area contributed by atoms with Gasteiger partial charge in [0.05, 0.1) is 0 Å². The minimum Gasteiger partial charge on any atom is -0.385 e. The van der Waals surface area contributed by atoms with Crippen LogP contribution >= 0.6 is 0 Å². The third-order valence-corrected chi connectivity index (χ3v) is 6.15. The van der Waals surface area contributed by atoms with E-state index in [0.717, 1.165) is 25.9 Å². The first-order chi connectivity index (χ1) is 7.20. The Labute approximate surface area is 94.2 Å². The molecule has 1 unspecified atom stereocenters. The molecule has 15 heavy (non-hydrogen) atoms. The van der Waals surface area contributed by atoms with Gasteiger partial charge in [-0.2, -0.15) is 0 Å². The third-order valence-electron chi connectivity index (χ3n) is 2.75. The van der Waals surface area contributed by atoms with Crippen LogP contribution in [0.15, 0.2) is 0 Å². The summed E-state index contributed by atoms with van der Waals surface area (Å²) >= 11 is 0. The maximum absolute atomic E-state index is 5.47. The monoisotopic (exact) mass is 236 g/mol. The van der Waals surface area contributed by atoms with Crippen molar-refractivity contribution in [2.24, 2.45) is 0 Å². The topological polar surface area (TPSA) is 36.9 Å². The zero-order valence-corrected chi connectivity index (χ0v) is 11.5. The highest BCUT2D eigenvalue weighted by molar-refractivity contribution is 6.62. The number of hydrogen-bond donors (Lipinski definition) is 0. The van der Waals surface area contributed by atoms with Gasteiger partial charge in [0.1, 0.15) is 0 Å². The highest BCUT2D eigenvalue weighted by atomic mass is 28.4. The predicted octanol–water partition coefficient (Wildman–Crippen LogP) is 2.07. The first-order valence-electron chi connectivity index (χ1n) is 5.35. The van der Waals surface area contributed by atoms with Crippen molar-refractivity contribution in [1.82, 2.24) is 0 Å². The molecule has 0 fully saturated rings. The Morgan fingerprint density at radius 3 is 1.87 bits per heavy atom. The Bertz CT molecular complexity index is 142. The summed E-state index contributed by atoms with van der Waals surface area (Å²) in [7, 11) is 4.26. The van der Waals surface area contributed by atoms with E-state index in [-0.39, 0.29) is 0 Å². The molecule has 0 radical (unpaired) electrons. The van der Waals surface area contributed by atoms with Gasteiger partial charge in [0.25, 0.3) is 0 Å². The number of methoxy groups -OCH3 is 1. The lowest BCUT2D eigenvalue weighted by Gasteiger charge is -2.31. The molecule has 0 heterocycles.